The van der Waals surface area contributed by atoms with Crippen LogP contribution in [-0.2, 0) is 23.2 Å². The molecule has 2 rings (SSSR count). The van der Waals surface area contributed by atoms with Crippen molar-refractivity contribution in [1.82, 2.24) is 19.1 Å². The van der Waals surface area contributed by atoms with Crippen LogP contribution in [0.25, 0.3) is 0 Å². The van der Waals surface area contributed by atoms with E-state index in [1.165, 1.54) is 16.9 Å². The maximum Gasteiger partial charge on any atom is 0.211 e. The number of rotatable bonds is 4. The molecule has 0 saturated carbocycles. The molecule has 1 saturated heterocycles. The van der Waals surface area contributed by atoms with E-state index in [2.05, 4.69) is 10.1 Å². The zero-order chi connectivity index (χ0) is 13.2. The van der Waals surface area contributed by atoms with Crippen LogP contribution in [-0.4, -0.2) is 51.9 Å². The third kappa shape index (κ3) is 3.06. The van der Waals surface area contributed by atoms with E-state index >= 15 is 0 Å². The lowest BCUT2D eigenvalue weighted by Gasteiger charge is -2.30. The zero-order valence-electron chi connectivity index (χ0n) is 10.4. The molecule has 7 nitrogen and oxygen atoms in total. The molecule has 0 aromatic carbocycles. The molecule has 102 valence electrons. The Hall–Kier alpha value is -0.990. The van der Waals surface area contributed by atoms with Crippen molar-refractivity contribution in [1.29, 1.82) is 0 Å². The van der Waals surface area contributed by atoms with Crippen LogP contribution in [0.2, 0.25) is 0 Å². The molecule has 0 radical (unpaired) electrons. The zero-order valence-corrected chi connectivity index (χ0v) is 11.2. The Morgan fingerprint density at radius 2 is 2.33 bits per heavy atom. The SMILES string of the molecule is CS(=O)(=O)N1CCCC(Cn2ncnc2CO)C1. The summed E-state index contributed by atoms with van der Waals surface area (Å²) >= 11 is 0. The fourth-order valence-corrected chi connectivity index (χ4v) is 3.23. The maximum atomic E-state index is 11.5. The number of aliphatic hydroxyl groups excluding tert-OH is 1. The third-order valence-corrected chi connectivity index (χ3v) is 4.49. The molecule has 0 spiro atoms. The van der Waals surface area contributed by atoms with Gasteiger partial charge in [0.05, 0.1) is 6.26 Å². The van der Waals surface area contributed by atoms with Crippen molar-refractivity contribution in [3.8, 4) is 0 Å². The molecule has 0 amide bonds. The minimum Gasteiger partial charge on any atom is -0.388 e. The fourth-order valence-electron chi connectivity index (χ4n) is 2.28. The van der Waals surface area contributed by atoms with E-state index in [0.29, 0.717) is 25.5 Å². The van der Waals surface area contributed by atoms with E-state index in [9.17, 15) is 8.42 Å². The van der Waals surface area contributed by atoms with E-state index in [1.807, 2.05) is 0 Å². The number of piperidine rings is 1. The second kappa shape index (κ2) is 5.33. The standard InChI is InChI=1S/C10H18N4O3S/c1-18(16,17)13-4-2-3-9(5-13)6-14-10(7-15)11-8-12-14/h8-9,15H,2-7H2,1H3. The monoisotopic (exact) mass is 274 g/mol. The van der Waals surface area contributed by atoms with Crippen LogP contribution in [0.15, 0.2) is 6.33 Å². The normalized spacial score (nSPS) is 22.2. The van der Waals surface area contributed by atoms with Gasteiger partial charge < -0.3 is 5.11 Å². The Kier molecular flexibility index (Phi) is 3.98. The molecule has 1 aromatic heterocycles. The van der Waals surface area contributed by atoms with Crippen molar-refractivity contribution in [2.75, 3.05) is 19.3 Å². The molecule has 1 aliphatic rings. The topological polar surface area (TPSA) is 88.3 Å². The van der Waals surface area contributed by atoms with Crippen molar-refractivity contribution >= 4 is 10.0 Å². The third-order valence-electron chi connectivity index (χ3n) is 3.22. The molecule has 1 aromatic rings. The molecule has 1 fully saturated rings. The first kappa shape index (κ1) is 13.4. The molecule has 1 unspecified atom stereocenters. The molecule has 1 N–H and O–H groups in total. The second-order valence-electron chi connectivity index (χ2n) is 4.65. The smallest absolute Gasteiger partial charge is 0.211 e. The van der Waals surface area contributed by atoms with Gasteiger partial charge in [0.1, 0.15) is 12.9 Å². The number of nitrogens with zero attached hydrogens (tertiary/aromatic N) is 4. The van der Waals surface area contributed by atoms with Gasteiger partial charge in [-0.05, 0) is 18.8 Å². The Labute approximate surface area is 106 Å². The van der Waals surface area contributed by atoms with E-state index < -0.39 is 10.0 Å². The predicted molar refractivity (Wildman–Crippen MR) is 65.1 cm³/mol. The van der Waals surface area contributed by atoms with Gasteiger partial charge in [0.2, 0.25) is 10.0 Å². The van der Waals surface area contributed by atoms with Gasteiger partial charge in [0.15, 0.2) is 5.82 Å². The number of aliphatic hydroxyl groups is 1. The van der Waals surface area contributed by atoms with Gasteiger partial charge in [0, 0.05) is 19.6 Å². The van der Waals surface area contributed by atoms with Crippen LogP contribution in [0, 0.1) is 5.92 Å². The molecular weight excluding hydrogens is 256 g/mol. The van der Waals surface area contributed by atoms with Gasteiger partial charge in [-0.2, -0.15) is 5.10 Å². The van der Waals surface area contributed by atoms with E-state index in [4.69, 9.17) is 5.11 Å². The van der Waals surface area contributed by atoms with Gasteiger partial charge in [-0.25, -0.2) is 22.4 Å². The predicted octanol–water partition coefficient (Wildman–Crippen LogP) is -0.558. The quantitative estimate of drug-likeness (QED) is 0.795. The van der Waals surface area contributed by atoms with Gasteiger partial charge in [-0.15, -0.1) is 0 Å². The van der Waals surface area contributed by atoms with Gasteiger partial charge in [0.25, 0.3) is 0 Å². The lowest BCUT2D eigenvalue weighted by molar-refractivity contribution is 0.224. The summed E-state index contributed by atoms with van der Waals surface area (Å²) in [4.78, 5) is 3.94. The van der Waals surface area contributed by atoms with Gasteiger partial charge in [-0.3, -0.25) is 0 Å². The van der Waals surface area contributed by atoms with Crippen LogP contribution in [0.5, 0.6) is 0 Å². The molecule has 1 atom stereocenters. The van der Waals surface area contributed by atoms with Gasteiger partial charge >= 0.3 is 0 Å². The lowest BCUT2D eigenvalue weighted by Crippen LogP contribution is -2.40. The van der Waals surface area contributed by atoms with Crippen molar-refractivity contribution < 1.29 is 13.5 Å². The van der Waals surface area contributed by atoms with Crippen molar-refractivity contribution in [2.24, 2.45) is 5.92 Å². The number of hydrogen-bond acceptors (Lipinski definition) is 5. The van der Waals surface area contributed by atoms with E-state index in [0.717, 1.165) is 12.8 Å². The molecule has 0 aliphatic carbocycles. The van der Waals surface area contributed by atoms with E-state index in [-0.39, 0.29) is 12.5 Å². The molecular formula is C10H18N4O3S. The molecule has 8 heteroatoms. The summed E-state index contributed by atoms with van der Waals surface area (Å²) in [5, 5.41) is 13.1. The molecule has 0 bridgehead atoms. The summed E-state index contributed by atoms with van der Waals surface area (Å²) < 4.78 is 26.2. The number of aromatic nitrogens is 3. The van der Waals surface area contributed by atoms with Gasteiger partial charge in [-0.1, -0.05) is 0 Å². The first-order valence-electron chi connectivity index (χ1n) is 5.93. The van der Waals surface area contributed by atoms with Crippen LogP contribution in [0.1, 0.15) is 18.7 Å². The van der Waals surface area contributed by atoms with Crippen molar-refractivity contribution in [2.45, 2.75) is 26.0 Å². The van der Waals surface area contributed by atoms with Crippen molar-refractivity contribution in [3.05, 3.63) is 12.2 Å². The van der Waals surface area contributed by atoms with Crippen LogP contribution in [0.4, 0.5) is 0 Å². The highest BCUT2D eigenvalue weighted by molar-refractivity contribution is 7.88. The van der Waals surface area contributed by atoms with Crippen LogP contribution in [0.3, 0.4) is 0 Å². The number of hydrogen-bond donors (Lipinski definition) is 1. The minimum atomic E-state index is -3.11. The molecule has 2 heterocycles. The summed E-state index contributed by atoms with van der Waals surface area (Å²) in [6, 6.07) is 0. The summed E-state index contributed by atoms with van der Waals surface area (Å²) in [6.07, 6.45) is 4.48. The molecule has 18 heavy (non-hydrogen) atoms. The summed E-state index contributed by atoms with van der Waals surface area (Å²) in [5.41, 5.74) is 0. The Morgan fingerprint density at radius 1 is 1.56 bits per heavy atom. The number of sulfonamides is 1. The lowest BCUT2D eigenvalue weighted by atomic mass is 10.00. The second-order valence-corrected chi connectivity index (χ2v) is 6.63. The molecule has 1 aliphatic heterocycles. The highest BCUT2D eigenvalue weighted by Gasteiger charge is 2.26. The summed E-state index contributed by atoms with van der Waals surface area (Å²) in [5.74, 6) is 0.743. The highest BCUT2D eigenvalue weighted by atomic mass is 32.2. The largest absolute Gasteiger partial charge is 0.388 e. The fraction of sp³-hybridized carbons (Fsp3) is 0.800. The maximum absolute atomic E-state index is 11.5. The Morgan fingerprint density at radius 3 is 3.00 bits per heavy atom. The average Bonchev–Trinajstić information content (AvgIpc) is 2.75. The first-order valence-corrected chi connectivity index (χ1v) is 7.78. The Bertz CT molecular complexity index is 499. The van der Waals surface area contributed by atoms with E-state index in [1.54, 1.807) is 4.68 Å². The minimum absolute atomic E-state index is 0.150. The average molecular weight is 274 g/mol. The first-order chi connectivity index (χ1) is 8.50. The van der Waals surface area contributed by atoms with Crippen molar-refractivity contribution in [3.63, 3.8) is 0 Å². The van der Waals surface area contributed by atoms with Crippen LogP contribution >= 0.6 is 0 Å². The summed E-state index contributed by atoms with van der Waals surface area (Å²) in [7, 11) is -3.11. The Balaban J connectivity index is 2.02. The van der Waals surface area contributed by atoms with Crippen LogP contribution < -0.4 is 0 Å². The summed E-state index contributed by atoms with van der Waals surface area (Å²) in [6.45, 7) is 1.56. The highest BCUT2D eigenvalue weighted by Crippen LogP contribution is 2.20.